The molecule has 140 valence electrons. The van der Waals surface area contributed by atoms with Gasteiger partial charge in [-0.15, -0.1) is 0 Å². The van der Waals surface area contributed by atoms with Gasteiger partial charge in [0.2, 0.25) is 0 Å². The largest absolute Gasteiger partial charge is 0.393 e. The van der Waals surface area contributed by atoms with Gasteiger partial charge in [-0.2, -0.15) is 0 Å². The molecule has 3 N–H and O–H groups in total. The van der Waals surface area contributed by atoms with Crippen molar-refractivity contribution in [3.8, 4) is 0 Å². The summed E-state index contributed by atoms with van der Waals surface area (Å²) in [4.78, 5) is 25.8. The highest BCUT2D eigenvalue weighted by Crippen LogP contribution is 2.28. The van der Waals surface area contributed by atoms with Crippen molar-refractivity contribution in [1.82, 2.24) is 19.5 Å². The lowest BCUT2D eigenvalue weighted by Crippen LogP contribution is -2.23. The minimum Gasteiger partial charge on any atom is -0.393 e. The number of aliphatic hydroxyl groups is 1. The van der Waals surface area contributed by atoms with Crippen molar-refractivity contribution < 1.29 is 5.11 Å². The molecule has 3 aromatic heterocycles. The van der Waals surface area contributed by atoms with Crippen molar-refractivity contribution in [2.24, 2.45) is 0 Å². The monoisotopic (exact) mass is 366 g/mol. The molecule has 0 unspecified atom stereocenters. The Morgan fingerprint density at radius 2 is 2.19 bits per heavy atom. The Labute approximate surface area is 156 Å². The molecule has 0 spiro atoms. The van der Waals surface area contributed by atoms with Crippen LogP contribution in [0.1, 0.15) is 26.2 Å². The van der Waals surface area contributed by atoms with Gasteiger partial charge in [0, 0.05) is 31.2 Å². The SMILES string of the molecule is CCn1ccc2cc(Nc3cnccn3)nc(N[C@H]3CC[C@H](O)C3)c2c1=O. The molecule has 3 aromatic rings. The molecule has 1 fully saturated rings. The second-order valence-corrected chi connectivity index (χ2v) is 6.75. The highest BCUT2D eigenvalue weighted by atomic mass is 16.3. The van der Waals surface area contributed by atoms with Crippen molar-refractivity contribution in [3.05, 3.63) is 47.3 Å². The van der Waals surface area contributed by atoms with Crippen molar-refractivity contribution >= 4 is 28.2 Å². The van der Waals surface area contributed by atoms with Crippen LogP contribution in [0.3, 0.4) is 0 Å². The van der Waals surface area contributed by atoms with Gasteiger partial charge < -0.3 is 20.3 Å². The highest BCUT2D eigenvalue weighted by molar-refractivity contribution is 5.93. The second-order valence-electron chi connectivity index (χ2n) is 6.75. The molecule has 8 heteroatoms. The molecule has 1 saturated carbocycles. The van der Waals surface area contributed by atoms with E-state index in [1.807, 2.05) is 19.1 Å². The average molecular weight is 366 g/mol. The molecule has 27 heavy (non-hydrogen) atoms. The molecular weight excluding hydrogens is 344 g/mol. The lowest BCUT2D eigenvalue weighted by Gasteiger charge is -2.17. The number of anilines is 3. The maximum Gasteiger partial charge on any atom is 0.262 e. The standard InChI is InChI=1S/C19H22N6O2/c1-2-25-8-5-12-9-15(23-16-11-20-6-7-21-16)24-18(17(12)19(25)27)22-13-3-4-14(26)10-13/h5-9,11,13-14,26H,2-4,10H2,1H3,(H2,21,22,23,24)/t13-,14-/m0/s1. The van der Waals surface area contributed by atoms with E-state index in [1.54, 1.807) is 29.4 Å². The third-order valence-electron chi connectivity index (χ3n) is 4.86. The van der Waals surface area contributed by atoms with Crippen molar-refractivity contribution in [2.75, 3.05) is 10.6 Å². The molecule has 0 aromatic carbocycles. The van der Waals surface area contributed by atoms with E-state index in [0.717, 1.165) is 18.2 Å². The zero-order valence-corrected chi connectivity index (χ0v) is 15.1. The number of rotatable bonds is 5. The Morgan fingerprint density at radius 1 is 1.30 bits per heavy atom. The van der Waals surface area contributed by atoms with Crippen LogP contribution in [0.5, 0.6) is 0 Å². The van der Waals surface area contributed by atoms with E-state index in [4.69, 9.17) is 0 Å². The summed E-state index contributed by atoms with van der Waals surface area (Å²) in [6.07, 6.45) is 8.56. The summed E-state index contributed by atoms with van der Waals surface area (Å²) in [7, 11) is 0. The number of aromatic nitrogens is 4. The number of aryl methyl sites for hydroxylation is 1. The van der Waals surface area contributed by atoms with Crippen LogP contribution in [-0.4, -0.2) is 36.8 Å². The number of nitrogens with one attached hydrogen (secondary N) is 2. The van der Waals surface area contributed by atoms with Crippen molar-refractivity contribution in [3.63, 3.8) is 0 Å². The molecule has 0 radical (unpaired) electrons. The Balaban J connectivity index is 1.78. The van der Waals surface area contributed by atoms with Crippen molar-refractivity contribution in [2.45, 2.75) is 44.9 Å². The van der Waals surface area contributed by atoms with Gasteiger partial charge in [-0.05, 0) is 43.7 Å². The lowest BCUT2D eigenvalue weighted by atomic mass is 10.1. The van der Waals surface area contributed by atoms with Gasteiger partial charge in [-0.1, -0.05) is 0 Å². The molecule has 1 aliphatic carbocycles. The molecule has 3 heterocycles. The van der Waals surface area contributed by atoms with E-state index >= 15 is 0 Å². The number of pyridine rings is 2. The molecule has 8 nitrogen and oxygen atoms in total. The van der Waals surface area contributed by atoms with Gasteiger partial charge >= 0.3 is 0 Å². The average Bonchev–Trinajstić information content (AvgIpc) is 3.07. The first-order chi connectivity index (χ1) is 13.1. The van der Waals surface area contributed by atoms with E-state index in [1.165, 1.54) is 0 Å². The molecule has 0 aliphatic heterocycles. The second kappa shape index (κ2) is 7.32. The van der Waals surface area contributed by atoms with E-state index in [2.05, 4.69) is 25.6 Å². The maximum absolute atomic E-state index is 12.9. The first-order valence-electron chi connectivity index (χ1n) is 9.16. The molecule has 0 bridgehead atoms. The molecule has 0 amide bonds. The number of hydrogen-bond acceptors (Lipinski definition) is 7. The van der Waals surface area contributed by atoms with E-state index in [0.29, 0.717) is 35.8 Å². The van der Waals surface area contributed by atoms with Crippen LogP contribution in [-0.2, 0) is 6.54 Å². The molecular formula is C19H22N6O2. The molecule has 1 aliphatic rings. The Morgan fingerprint density at radius 3 is 2.89 bits per heavy atom. The zero-order valence-electron chi connectivity index (χ0n) is 15.1. The zero-order chi connectivity index (χ0) is 18.8. The quantitative estimate of drug-likeness (QED) is 0.636. The molecule has 4 rings (SSSR count). The smallest absolute Gasteiger partial charge is 0.262 e. The fourth-order valence-corrected chi connectivity index (χ4v) is 3.50. The molecule has 0 saturated heterocycles. The Kier molecular flexibility index (Phi) is 4.72. The summed E-state index contributed by atoms with van der Waals surface area (Å²) in [6, 6.07) is 3.84. The summed E-state index contributed by atoms with van der Waals surface area (Å²) < 4.78 is 1.66. The van der Waals surface area contributed by atoms with Crippen LogP contribution < -0.4 is 16.2 Å². The van der Waals surface area contributed by atoms with E-state index < -0.39 is 0 Å². The number of fused-ring (bicyclic) bond motifs is 1. The van der Waals surface area contributed by atoms with Crippen LogP contribution in [0.4, 0.5) is 17.5 Å². The topological polar surface area (TPSA) is 105 Å². The summed E-state index contributed by atoms with van der Waals surface area (Å²) in [5, 5.41) is 17.7. The third-order valence-corrected chi connectivity index (χ3v) is 4.86. The predicted octanol–water partition coefficient (Wildman–Crippen LogP) is 2.28. The third kappa shape index (κ3) is 3.61. The van der Waals surface area contributed by atoms with Crippen LogP contribution in [0.25, 0.3) is 10.8 Å². The Hall–Kier alpha value is -3.00. The van der Waals surface area contributed by atoms with Crippen molar-refractivity contribution in [1.29, 1.82) is 0 Å². The molecule has 2 atom stereocenters. The maximum atomic E-state index is 12.9. The van der Waals surface area contributed by atoms with E-state index in [9.17, 15) is 9.90 Å². The first-order valence-corrected chi connectivity index (χ1v) is 9.16. The number of aliphatic hydroxyl groups excluding tert-OH is 1. The summed E-state index contributed by atoms with van der Waals surface area (Å²) in [5.41, 5.74) is -0.0744. The summed E-state index contributed by atoms with van der Waals surface area (Å²) >= 11 is 0. The van der Waals surface area contributed by atoms with Crippen LogP contribution in [0.15, 0.2) is 41.7 Å². The van der Waals surface area contributed by atoms with Gasteiger partial charge in [-0.3, -0.25) is 9.78 Å². The van der Waals surface area contributed by atoms with Crippen LogP contribution >= 0.6 is 0 Å². The van der Waals surface area contributed by atoms with E-state index in [-0.39, 0.29) is 17.7 Å². The minimum absolute atomic E-state index is 0.0744. The van der Waals surface area contributed by atoms with Gasteiger partial charge in [0.05, 0.1) is 17.7 Å². The van der Waals surface area contributed by atoms with Gasteiger partial charge in [0.1, 0.15) is 17.5 Å². The number of nitrogens with zero attached hydrogens (tertiary/aromatic N) is 4. The normalized spacial score (nSPS) is 19.3. The van der Waals surface area contributed by atoms with Gasteiger partial charge in [0.15, 0.2) is 0 Å². The lowest BCUT2D eigenvalue weighted by molar-refractivity contribution is 0.182. The predicted molar refractivity (Wildman–Crippen MR) is 104 cm³/mol. The van der Waals surface area contributed by atoms with Gasteiger partial charge in [0.25, 0.3) is 5.56 Å². The van der Waals surface area contributed by atoms with Crippen LogP contribution in [0.2, 0.25) is 0 Å². The Bertz CT molecular complexity index is 1000. The number of hydrogen-bond donors (Lipinski definition) is 3. The fraction of sp³-hybridized carbons (Fsp3) is 0.368. The summed E-state index contributed by atoms with van der Waals surface area (Å²) in [6.45, 7) is 2.53. The highest BCUT2D eigenvalue weighted by Gasteiger charge is 2.24. The minimum atomic E-state index is -0.304. The first kappa shape index (κ1) is 17.4. The fourth-order valence-electron chi connectivity index (χ4n) is 3.50. The van der Waals surface area contributed by atoms with Crippen LogP contribution in [0, 0.1) is 0 Å². The van der Waals surface area contributed by atoms with Gasteiger partial charge in [-0.25, -0.2) is 9.97 Å². The summed E-state index contributed by atoms with van der Waals surface area (Å²) in [5.74, 6) is 1.69.